The predicted molar refractivity (Wildman–Crippen MR) is 47.3 cm³/mol. The van der Waals surface area contributed by atoms with E-state index in [2.05, 4.69) is 26.7 Å². The molecule has 0 rings (SSSR count). The Balaban J connectivity index is 0. The normalized spacial score (nSPS) is 11.5. The smallest absolute Gasteiger partial charge is 0.440 e. The van der Waals surface area contributed by atoms with Gasteiger partial charge in [-0.1, -0.05) is 19.6 Å². The molecule has 0 aliphatic heterocycles. The van der Waals surface area contributed by atoms with Crippen molar-refractivity contribution in [2.24, 2.45) is 0 Å². The molecule has 0 aliphatic carbocycles. The van der Waals surface area contributed by atoms with E-state index in [1.54, 1.807) is 7.11 Å². The molecular formula is C7H18NORbSi. The molecule has 0 aromatic heterocycles. The molecule has 0 aromatic carbocycles. The SMILES string of the molecule is [CH2-]N(COC)C[Si](C)(C)C.[Rb+]. The first-order valence-corrected chi connectivity index (χ1v) is 7.21. The van der Waals surface area contributed by atoms with Crippen molar-refractivity contribution in [1.29, 1.82) is 0 Å². The monoisotopic (exact) mass is 245 g/mol. The quantitative estimate of drug-likeness (QED) is 0.342. The van der Waals surface area contributed by atoms with E-state index in [0.717, 1.165) is 6.17 Å². The van der Waals surface area contributed by atoms with Crippen LogP contribution < -0.4 is 58.2 Å². The Morgan fingerprint density at radius 1 is 1.36 bits per heavy atom. The molecule has 11 heavy (non-hydrogen) atoms. The first kappa shape index (κ1) is 15.4. The Bertz CT molecular complexity index is 94.9. The zero-order chi connectivity index (χ0) is 8.20. The van der Waals surface area contributed by atoms with E-state index in [1.165, 1.54) is 0 Å². The van der Waals surface area contributed by atoms with Crippen molar-refractivity contribution in [3.63, 3.8) is 0 Å². The van der Waals surface area contributed by atoms with Crippen LogP contribution in [0.15, 0.2) is 0 Å². The molecule has 0 amide bonds. The molecule has 62 valence electrons. The van der Waals surface area contributed by atoms with E-state index in [9.17, 15) is 0 Å². The third-order valence-corrected chi connectivity index (χ3v) is 2.41. The third-order valence-electron chi connectivity index (χ3n) is 1.01. The number of rotatable bonds is 4. The second-order valence-corrected chi connectivity index (χ2v) is 9.24. The molecule has 0 spiro atoms. The first-order chi connectivity index (χ1) is 4.45. The van der Waals surface area contributed by atoms with E-state index in [1.807, 2.05) is 4.90 Å². The Morgan fingerprint density at radius 2 is 1.82 bits per heavy atom. The van der Waals surface area contributed by atoms with Gasteiger partial charge in [-0.15, -0.1) is 0 Å². The van der Waals surface area contributed by atoms with Crippen LogP contribution in [0, 0.1) is 7.05 Å². The van der Waals surface area contributed by atoms with Gasteiger partial charge in [-0.2, -0.15) is 0 Å². The largest absolute Gasteiger partial charge is 1.00 e. The summed E-state index contributed by atoms with van der Waals surface area (Å²) in [5.41, 5.74) is 0. The van der Waals surface area contributed by atoms with Gasteiger partial charge in [0.05, 0.1) is 14.8 Å². The minimum absolute atomic E-state index is 0. The van der Waals surface area contributed by atoms with Gasteiger partial charge in [-0.3, -0.25) is 7.05 Å². The van der Waals surface area contributed by atoms with E-state index >= 15 is 0 Å². The standard InChI is InChI=1S/C7H18NOSi.Rb/c1-8(6-9-2)7-10(3,4)5;/h1,6-7H2,2-5H3;/q-1;+1. The van der Waals surface area contributed by atoms with Gasteiger partial charge in [-0.05, 0) is 6.17 Å². The molecule has 2 nitrogen and oxygen atoms in total. The van der Waals surface area contributed by atoms with Gasteiger partial charge in [0.2, 0.25) is 0 Å². The van der Waals surface area contributed by atoms with Crippen LogP contribution in [0.5, 0.6) is 0 Å². The van der Waals surface area contributed by atoms with Crippen molar-refractivity contribution in [1.82, 2.24) is 4.90 Å². The van der Waals surface area contributed by atoms with Crippen molar-refractivity contribution in [2.75, 3.05) is 20.0 Å². The van der Waals surface area contributed by atoms with Gasteiger partial charge in [-0.25, -0.2) is 0 Å². The maximum Gasteiger partial charge on any atom is 1.00 e. The maximum absolute atomic E-state index is 4.94. The van der Waals surface area contributed by atoms with E-state index < -0.39 is 8.07 Å². The summed E-state index contributed by atoms with van der Waals surface area (Å²) in [6.45, 7) is 7.60. The summed E-state index contributed by atoms with van der Waals surface area (Å²) in [6, 6.07) is 0. The molecule has 0 aliphatic rings. The molecule has 0 bridgehead atoms. The number of ether oxygens (including phenoxy) is 1. The van der Waals surface area contributed by atoms with Gasteiger partial charge in [0.1, 0.15) is 0 Å². The molecule has 0 heterocycles. The van der Waals surface area contributed by atoms with Gasteiger partial charge < -0.3 is 9.64 Å². The molecule has 0 aromatic rings. The zero-order valence-corrected chi connectivity index (χ0v) is 14.4. The fraction of sp³-hybridized carbons (Fsp3) is 0.857. The summed E-state index contributed by atoms with van der Waals surface area (Å²) in [5, 5.41) is 0. The minimum atomic E-state index is -0.974. The Labute approximate surface area is 120 Å². The molecule has 0 radical (unpaired) electrons. The fourth-order valence-corrected chi connectivity index (χ4v) is 2.33. The maximum atomic E-state index is 4.94. The van der Waals surface area contributed by atoms with Gasteiger partial charge >= 0.3 is 58.2 Å². The molecule has 0 N–H and O–H groups in total. The molecular weight excluding hydrogens is 228 g/mol. The molecule has 0 atom stereocenters. The molecule has 0 unspecified atom stereocenters. The van der Waals surface area contributed by atoms with Crippen LogP contribution in [-0.4, -0.2) is 33.0 Å². The van der Waals surface area contributed by atoms with Crippen LogP contribution in [0.4, 0.5) is 0 Å². The first-order valence-electron chi connectivity index (χ1n) is 3.50. The van der Waals surface area contributed by atoms with Crippen LogP contribution in [0.1, 0.15) is 0 Å². The van der Waals surface area contributed by atoms with Crippen LogP contribution in [0.2, 0.25) is 19.6 Å². The average molecular weight is 246 g/mol. The van der Waals surface area contributed by atoms with Crippen molar-refractivity contribution < 1.29 is 62.9 Å². The third kappa shape index (κ3) is 11.9. The average Bonchev–Trinajstić information content (AvgIpc) is 1.59. The second kappa shape index (κ2) is 7.36. The van der Waals surface area contributed by atoms with E-state index in [-0.39, 0.29) is 58.2 Å². The molecule has 0 saturated carbocycles. The van der Waals surface area contributed by atoms with Crippen LogP contribution in [-0.2, 0) is 4.74 Å². The van der Waals surface area contributed by atoms with Crippen LogP contribution in [0.3, 0.4) is 0 Å². The molecule has 4 heteroatoms. The Kier molecular flexibility index (Phi) is 10.3. The summed E-state index contributed by atoms with van der Waals surface area (Å²) in [5.74, 6) is 0. The van der Waals surface area contributed by atoms with Crippen LogP contribution in [0.25, 0.3) is 0 Å². The van der Waals surface area contributed by atoms with Gasteiger partial charge in [0.25, 0.3) is 0 Å². The number of methoxy groups -OCH3 is 1. The summed E-state index contributed by atoms with van der Waals surface area (Å²) in [4.78, 5) is 1.98. The zero-order valence-electron chi connectivity index (χ0n) is 8.48. The second-order valence-electron chi connectivity index (χ2n) is 3.81. The van der Waals surface area contributed by atoms with Crippen molar-refractivity contribution in [3.05, 3.63) is 7.05 Å². The Morgan fingerprint density at radius 3 is 2.09 bits per heavy atom. The van der Waals surface area contributed by atoms with Crippen molar-refractivity contribution >= 4 is 8.07 Å². The van der Waals surface area contributed by atoms with Crippen LogP contribution >= 0.6 is 0 Å². The predicted octanol–water partition coefficient (Wildman–Crippen LogP) is -1.43. The topological polar surface area (TPSA) is 12.5 Å². The number of nitrogens with zero attached hydrogens (tertiary/aromatic N) is 1. The summed E-state index contributed by atoms with van der Waals surface area (Å²) < 4.78 is 4.94. The minimum Gasteiger partial charge on any atom is -0.440 e. The Hall–Kier alpha value is 1.94. The molecule has 0 fully saturated rings. The summed E-state index contributed by atoms with van der Waals surface area (Å²) >= 11 is 0. The van der Waals surface area contributed by atoms with E-state index in [4.69, 9.17) is 4.74 Å². The van der Waals surface area contributed by atoms with Crippen molar-refractivity contribution in [3.8, 4) is 0 Å². The van der Waals surface area contributed by atoms with Crippen molar-refractivity contribution in [2.45, 2.75) is 19.6 Å². The summed E-state index contributed by atoms with van der Waals surface area (Å²) in [7, 11) is 4.58. The van der Waals surface area contributed by atoms with E-state index in [0.29, 0.717) is 6.73 Å². The number of hydrogen-bond acceptors (Lipinski definition) is 2. The van der Waals surface area contributed by atoms with Gasteiger partial charge in [0.15, 0.2) is 0 Å². The number of hydrogen-bond donors (Lipinski definition) is 0. The fourth-order valence-electron chi connectivity index (χ4n) is 0.899. The molecule has 0 saturated heterocycles. The van der Waals surface area contributed by atoms with Gasteiger partial charge in [0, 0.05) is 7.11 Å². The summed E-state index contributed by atoms with van der Waals surface area (Å²) in [6.07, 6.45) is 1.10.